The predicted octanol–water partition coefficient (Wildman–Crippen LogP) is 5.06. The zero-order valence-electron chi connectivity index (χ0n) is 15.5. The molecule has 3 heteroatoms. The van der Waals surface area contributed by atoms with Gasteiger partial charge in [-0.15, -0.1) is 0 Å². The van der Waals surface area contributed by atoms with E-state index < -0.39 is 0 Å². The van der Waals surface area contributed by atoms with E-state index in [1.807, 2.05) is 42.5 Å². The zero-order chi connectivity index (χ0) is 18.3. The molecule has 138 valence electrons. The molecule has 1 aliphatic rings. The maximum atomic E-state index is 6.11. The van der Waals surface area contributed by atoms with Crippen LogP contribution in [0.15, 0.2) is 84.9 Å². The van der Waals surface area contributed by atoms with Crippen LogP contribution < -0.4 is 15.4 Å². The SMILES string of the molecule is c1ccc(Oc2ccccc2CN[C@@H]2CCCN[C@@H]2c2ccccc2)cc1. The third-order valence-corrected chi connectivity index (χ3v) is 5.12. The van der Waals surface area contributed by atoms with Crippen LogP contribution in [0.4, 0.5) is 0 Å². The highest BCUT2D eigenvalue weighted by atomic mass is 16.5. The largest absolute Gasteiger partial charge is 0.457 e. The summed E-state index contributed by atoms with van der Waals surface area (Å²) in [5.74, 6) is 1.78. The van der Waals surface area contributed by atoms with Crippen molar-refractivity contribution in [3.05, 3.63) is 96.1 Å². The van der Waals surface area contributed by atoms with Crippen molar-refractivity contribution in [3.8, 4) is 11.5 Å². The lowest BCUT2D eigenvalue weighted by atomic mass is 9.92. The summed E-state index contributed by atoms with van der Waals surface area (Å²) in [4.78, 5) is 0. The Kier molecular flexibility index (Phi) is 5.83. The average molecular weight is 358 g/mol. The molecule has 0 unspecified atom stereocenters. The first kappa shape index (κ1) is 17.8. The Bertz CT molecular complexity index is 835. The molecule has 3 aromatic carbocycles. The van der Waals surface area contributed by atoms with Crippen LogP contribution in [0.5, 0.6) is 11.5 Å². The van der Waals surface area contributed by atoms with Crippen LogP contribution in [0.1, 0.15) is 30.0 Å². The van der Waals surface area contributed by atoms with Gasteiger partial charge < -0.3 is 15.4 Å². The van der Waals surface area contributed by atoms with Gasteiger partial charge in [0.1, 0.15) is 11.5 Å². The van der Waals surface area contributed by atoms with Gasteiger partial charge in [0.2, 0.25) is 0 Å². The van der Waals surface area contributed by atoms with Crippen LogP contribution >= 0.6 is 0 Å². The second-order valence-corrected chi connectivity index (χ2v) is 6.99. The van der Waals surface area contributed by atoms with E-state index in [1.165, 1.54) is 24.0 Å². The van der Waals surface area contributed by atoms with E-state index >= 15 is 0 Å². The minimum absolute atomic E-state index is 0.349. The smallest absolute Gasteiger partial charge is 0.131 e. The molecule has 0 aliphatic carbocycles. The van der Waals surface area contributed by atoms with Crippen molar-refractivity contribution < 1.29 is 4.74 Å². The Labute approximate surface area is 161 Å². The van der Waals surface area contributed by atoms with E-state index in [1.54, 1.807) is 0 Å². The quantitative estimate of drug-likeness (QED) is 0.646. The molecule has 4 rings (SSSR count). The van der Waals surface area contributed by atoms with Gasteiger partial charge in [-0.25, -0.2) is 0 Å². The number of piperidine rings is 1. The molecular weight excluding hydrogens is 332 g/mol. The highest BCUT2D eigenvalue weighted by Crippen LogP contribution is 2.27. The summed E-state index contributed by atoms with van der Waals surface area (Å²) >= 11 is 0. The highest BCUT2D eigenvalue weighted by Gasteiger charge is 2.25. The van der Waals surface area contributed by atoms with Gasteiger partial charge in [-0.2, -0.15) is 0 Å². The van der Waals surface area contributed by atoms with Crippen LogP contribution in [-0.4, -0.2) is 12.6 Å². The van der Waals surface area contributed by atoms with E-state index in [0.29, 0.717) is 12.1 Å². The molecule has 2 N–H and O–H groups in total. The molecule has 0 spiro atoms. The summed E-state index contributed by atoms with van der Waals surface area (Å²) in [6.07, 6.45) is 2.37. The Balaban J connectivity index is 1.46. The summed E-state index contributed by atoms with van der Waals surface area (Å²) in [7, 11) is 0. The van der Waals surface area contributed by atoms with Crippen molar-refractivity contribution in [3.63, 3.8) is 0 Å². The molecule has 0 aromatic heterocycles. The second-order valence-electron chi connectivity index (χ2n) is 6.99. The molecule has 27 heavy (non-hydrogen) atoms. The first-order valence-electron chi connectivity index (χ1n) is 9.73. The molecule has 3 nitrogen and oxygen atoms in total. The predicted molar refractivity (Wildman–Crippen MR) is 110 cm³/mol. The lowest BCUT2D eigenvalue weighted by molar-refractivity contribution is 0.303. The molecule has 3 aromatic rings. The lowest BCUT2D eigenvalue weighted by Gasteiger charge is -2.34. The zero-order valence-corrected chi connectivity index (χ0v) is 15.5. The molecular formula is C24H26N2O. The fraction of sp³-hybridized carbons (Fsp3) is 0.250. The monoisotopic (exact) mass is 358 g/mol. The summed E-state index contributed by atoms with van der Waals surface area (Å²) in [6, 6.07) is 29.7. The molecule has 1 saturated heterocycles. The molecule has 0 bridgehead atoms. The maximum absolute atomic E-state index is 6.11. The summed E-state index contributed by atoms with van der Waals surface area (Å²) in [5.41, 5.74) is 2.53. The lowest BCUT2D eigenvalue weighted by Crippen LogP contribution is -2.45. The molecule has 0 saturated carbocycles. The van der Waals surface area contributed by atoms with E-state index in [2.05, 4.69) is 53.1 Å². The first-order chi connectivity index (χ1) is 13.4. The Morgan fingerprint density at radius 2 is 1.56 bits per heavy atom. The molecule has 2 atom stereocenters. The van der Waals surface area contributed by atoms with Crippen molar-refractivity contribution >= 4 is 0 Å². The standard InChI is InChI=1S/C24H26N2O/c1-3-10-19(11-4-1)24-22(15-9-17-25-24)26-18-20-12-7-8-16-23(20)27-21-13-5-2-6-14-21/h1-8,10-14,16,22,24-26H,9,15,17-18H2/t22-,24-/m1/s1. The Morgan fingerprint density at radius 3 is 2.37 bits per heavy atom. The van der Waals surface area contributed by atoms with E-state index in [0.717, 1.165) is 24.6 Å². The summed E-state index contributed by atoms with van der Waals surface area (Å²) in [6.45, 7) is 1.87. The van der Waals surface area contributed by atoms with Crippen LogP contribution in [0.2, 0.25) is 0 Å². The topological polar surface area (TPSA) is 33.3 Å². The average Bonchev–Trinajstić information content (AvgIpc) is 2.75. The third kappa shape index (κ3) is 4.57. The summed E-state index contributed by atoms with van der Waals surface area (Å²) in [5, 5.41) is 7.45. The Hall–Kier alpha value is -2.62. The van der Waals surface area contributed by atoms with Gasteiger partial charge >= 0.3 is 0 Å². The number of para-hydroxylation sites is 2. The number of ether oxygens (including phenoxy) is 1. The van der Waals surface area contributed by atoms with Crippen LogP contribution in [-0.2, 0) is 6.54 Å². The van der Waals surface area contributed by atoms with Crippen molar-refractivity contribution in [2.24, 2.45) is 0 Å². The fourth-order valence-electron chi connectivity index (χ4n) is 3.72. The van der Waals surface area contributed by atoms with Crippen molar-refractivity contribution in [1.82, 2.24) is 10.6 Å². The van der Waals surface area contributed by atoms with E-state index in [-0.39, 0.29) is 0 Å². The number of hydrogen-bond acceptors (Lipinski definition) is 3. The van der Waals surface area contributed by atoms with Crippen LogP contribution in [0.25, 0.3) is 0 Å². The second kappa shape index (κ2) is 8.85. The normalized spacial score (nSPS) is 19.6. The van der Waals surface area contributed by atoms with Gasteiger partial charge in [0.05, 0.1) is 0 Å². The minimum atomic E-state index is 0.349. The first-order valence-corrected chi connectivity index (χ1v) is 9.73. The maximum Gasteiger partial charge on any atom is 0.131 e. The van der Waals surface area contributed by atoms with Gasteiger partial charge in [0.25, 0.3) is 0 Å². The number of nitrogens with one attached hydrogen (secondary N) is 2. The van der Waals surface area contributed by atoms with Gasteiger partial charge in [-0.05, 0) is 43.1 Å². The highest BCUT2D eigenvalue weighted by molar-refractivity contribution is 5.37. The van der Waals surface area contributed by atoms with Crippen molar-refractivity contribution in [2.75, 3.05) is 6.54 Å². The fourth-order valence-corrected chi connectivity index (χ4v) is 3.72. The third-order valence-electron chi connectivity index (χ3n) is 5.12. The van der Waals surface area contributed by atoms with Crippen molar-refractivity contribution in [2.45, 2.75) is 31.5 Å². The minimum Gasteiger partial charge on any atom is -0.457 e. The Morgan fingerprint density at radius 1 is 0.852 bits per heavy atom. The van der Waals surface area contributed by atoms with E-state index in [4.69, 9.17) is 4.74 Å². The number of rotatable bonds is 6. The van der Waals surface area contributed by atoms with Gasteiger partial charge in [-0.3, -0.25) is 0 Å². The van der Waals surface area contributed by atoms with Crippen molar-refractivity contribution in [1.29, 1.82) is 0 Å². The summed E-state index contributed by atoms with van der Waals surface area (Å²) < 4.78 is 6.11. The molecule has 1 fully saturated rings. The van der Waals surface area contributed by atoms with Gasteiger partial charge in [0.15, 0.2) is 0 Å². The van der Waals surface area contributed by atoms with Crippen LogP contribution in [0.3, 0.4) is 0 Å². The molecule has 1 heterocycles. The molecule has 1 aliphatic heterocycles. The molecule has 0 radical (unpaired) electrons. The molecule has 0 amide bonds. The van der Waals surface area contributed by atoms with Gasteiger partial charge in [-0.1, -0.05) is 66.7 Å². The van der Waals surface area contributed by atoms with Gasteiger partial charge in [0, 0.05) is 24.2 Å². The number of hydrogen-bond donors (Lipinski definition) is 2. The van der Waals surface area contributed by atoms with Crippen LogP contribution in [0, 0.1) is 0 Å². The van der Waals surface area contributed by atoms with E-state index in [9.17, 15) is 0 Å². The number of benzene rings is 3.